The molecule has 0 aliphatic rings. The molecule has 0 aliphatic carbocycles. The second kappa shape index (κ2) is 5.24. The van der Waals surface area contributed by atoms with Gasteiger partial charge in [0.2, 0.25) is 0 Å². The van der Waals surface area contributed by atoms with Crippen molar-refractivity contribution in [2.45, 2.75) is 33.2 Å². The lowest BCUT2D eigenvalue weighted by Gasteiger charge is -2.08. The molecule has 0 spiro atoms. The van der Waals surface area contributed by atoms with E-state index >= 15 is 0 Å². The molecule has 0 saturated heterocycles. The second-order valence-corrected chi connectivity index (χ2v) is 4.83. The van der Waals surface area contributed by atoms with Gasteiger partial charge in [-0.3, -0.25) is 0 Å². The third-order valence-electron chi connectivity index (χ3n) is 2.00. The summed E-state index contributed by atoms with van der Waals surface area (Å²) < 4.78 is 1.92. The molecule has 5 heteroatoms. The highest BCUT2D eigenvalue weighted by Crippen LogP contribution is 2.19. The highest BCUT2D eigenvalue weighted by Gasteiger charge is 2.12. The number of thioether (sulfide) groups is 1. The highest BCUT2D eigenvalue weighted by molar-refractivity contribution is 7.99. The Kier molecular flexibility index (Phi) is 4.25. The minimum absolute atomic E-state index is 0.386. The maximum atomic E-state index is 5.75. The largest absolute Gasteiger partial charge is 0.381 e. The Balaban J connectivity index is 2.66. The Morgan fingerprint density at radius 3 is 2.79 bits per heavy atom. The first kappa shape index (κ1) is 11.4. The van der Waals surface area contributed by atoms with Gasteiger partial charge in [-0.15, -0.1) is 5.10 Å². The van der Waals surface area contributed by atoms with Crippen molar-refractivity contribution in [1.82, 2.24) is 15.0 Å². The first-order valence-corrected chi connectivity index (χ1v) is 6.08. The van der Waals surface area contributed by atoms with Crippen molar-refractivity contribution < 1.29 is 0 Å². The fourth-order valence-electron chi connectivity index (χ4n) is 1.39. The lowest BCUT2D eigenvalue weighted by molar-refractivity contribution is 0.584. The van der Waals surface area contributed by atoms with Crippen LogP contribution in [0.15, 0.2) is 0 Å². The zero-order valence-corrected chi connectivity index (χ0v) is 9.84. The van der Waals surface area contributed by atoms with Gasteiger partial charge < -0.3 is 5.73 Å². The Labute approximate surface area is 89.2 Å². The number of aromatic nitrogens is 3. The van der Waals surface area contributed by atoms with Crippen molar-refractivity contribution in [2.24, 2.45) is 0 Å². The molecule has 1 rings (SSSR count). The highest BCUT2D eigenvalue weighted by atomic mass is 32.2. The van der Waals surface area contributed by atoms with Crippen molar-refractivity contribution in [3.8, 4) is 0 Å². The van der Waals surface area contributed by atoms with Gasteiger partial charge in [-0.25, -0.2) is 4.68 Å². The number of hydrogen-bond donors (Lipinski definition) is 1. The Hall–Kier alpha value is -0.710. The van der Waals surface area contributed by atoms with Crippen LogP contribution >= 0.6 is 11.8 Å². The van der Waals surface area contributed by atoms with E-state index in [4.69, 9.17) is 5.73 Å². The van der Waals surface area contributed by atoms with Crippen molar-refractivity contribution in [1.29, 1.82) is 0 Å². The quantitative estimate of drug-likeness (QED) is 0.758. The minimum Gasteiger partial charge on any atom is -0.381 e. The molecule has 0 atom stereocenters. The van der Waals surface area contributed by atoms with Crippen LogP contribution in [0.1, 0.15) is 32.4 Å². The van der Waals surface area contributed by atoms with Gasteiger partial charge in [0.1, 0.15) is 0 Å². The number of nitrogen functional groups attached to an aromatic ring is 1. The van der Waals surface area contributed by atoms with Gasteiger partial charge in [0.25, 0.3) is 0 Å². The molecule has 0 aliphatic heterocycles. The van der Waals surface area contributed by atoms with Crippen LogP contribution in [0, 0.1) is 0 Å². The topological polar surface area (TPSA) is 56.7 Å². The lowest BCUT2D eigenvalue weighted by atomic mass is 10.1. The van der Waals surface area contributed by atoms with E-state index in [1.807, 2.05) is 16.4 Å². The van der Waals surface area contributed by atoms with E-state index in [0.717, 1.165) is 23.7 Å². The summed E-state index contributed by atoms with van der Waals surface area (Å²) in [6.45, 7) is 7.27. The molecule has 1 heterocycles. The van der Waals surface area contributed by atoms with Crippen LogP contribution in [0.25, 0.3) is 0 Å². The molecular formula is C9H18N4S. The molecule has 0 unspecified atom stereocenters. The Morgan fingerprint density at radius 1 is 1.50 bits per heavy atom. The van der Waals surface area contributed by atoms with Crippen LogP contribution < -0.4 is 5.73 Å². The van der Waals surface area contributed by atoms with E-state index in [2.05, 4.69) is 31.1 Å². The van der Waals surface area contributed by atoms with Crippen molar-refractivity contribution in [3.63, 3.8) is 0 Å². The number of hydrogen-bond acceptors (Lipinski definition) is 4. The molecule has 0 amide bonds. The number of anilines is 1. The third-order valence-corrected chi connectivity index (χ3v) is 2.88. The fraction of sp³-hybridized carbons (Fsp3) is 0.778. The van der Waals surface area contributed by atoms with Gasteiger partial charge in [-0.2, -0.15) is 11.8 Å². The summed E-state index contributed by atoms with van der Waals surface area (Å²) in [7, 11) is 0. The predicted octanol–water partition coefficient (Wildman–Crippen LogP) is 1.74. The maximum absolute atomic E-state index is 5.75. The first-order chi connectivity index (χ1) is 6.66. The summed E-state index contributed by atoms with van der Waals surface area (Å²) in [6, 6.07) is 0. The molecule has 80 valence electrons. The molecule has 0 saturated carbocycles. The molecule has 0 fully saturated rings. The molecule has 1 aromatic rings. The van der Waals surface area contributed by atoms with E-state index in [9.17, 15) is 0 Å². The van der Waals surface area contributed by atoms with Crippen LogP contribution in [0.3, 0.4) is 0 Å². The summed E-state index contributed by atoms with van der Waals surface area (Å²) in [6.07, 6.45) is 0. The van der Waals surface area contributed by atoms with Crippen LogP contribution in [-0.2, 0) is 6.54 Å². The Bertz CT molecular complexity index is 282. The fourth-order valence-corrected chi connectivity index (χ4v) is 1.98. The van der Waals surface area contributed by atoms with Gasteiger partial charge in [0.15, 0.2) is 5.82 Å². The van der Waals surface area contributed by atoms with Crippen LogP contribution in [0.2, 0.25) is 0 Å². The molecular weight excluding hydrogens is 196 g/mol. The van der Waals surface area contributed by atoms with Gasteiger partial charge >= 0.3 is 0 Å². The monoisotopic (exact) mass is 214 g/mol. The number of nitrogens with two attached hydrogens (primary N) is 1. The van der Waals surface area contributed by atoms with Crippen LogP contribution in [0.4, 0.5) is 5.82 Å². The number of aryl methyl sites for hydroxylation is 1. The van der Waals surface area contributed by atoms with E-state index in [1.54, 1.807) is 0 Å². The summed E-state index contributed by atoms with van der Waals surface area (Å²) in [5.74, 6) is 3.17. The van der Waals surface area contributed by atoms with Gasteiger partial charge in [-0.1, -0.05) is 26.0 Å². The molecule has 0 radical (unpaired) electrons. The average molecular weight is 214 g/mol. The zero-order valence-electron chi connectivity index (χ0n) is 9.03. The molecule has 2 N–H and O–H groups in total. The lowest BCUT2D eigenvalue weighted by Crippen LogP contribution is -2.09. The molecule has 14 heavy (non-hydrogen) atoms. The zero-order chi connectivity index (χ0) is 10.6. The first-order valence-electron chi connectivity index (χ1n) is 4.93. The molecule has 4 nitrogen and oxygen atoms in total. The number of rotatable bonds is 5. The second-order valence-electron chi connectivity index (χ2n) is 3.43. The molecule has 0 bridgehead atoms. The van der Waals surface area contributed by atoms with E-state index in [0.29, 0.717) is 11.7 Å². The average Bonchev–Trinajstić information content (AvgIpc) is 2.47. The van der Waals surface area contributed by atoms with Crippen LogP contribution in [0.5, 0.6) is 0 Å². The summed E-state index contributed by atoms with van der Waals surface area (Å²) in [5.41, 5.74) is 6.80. The van der Waals surface area contributed by atoms with Crippen LogP contribution in [-0.4, -0.2) is 26.5 Å². The van der Waals surface area contributed by atoms with Crippen molar-refractivity contribution >= 4 is 17.6 Å². The maximum Gasteiger partial charge on any atom is 0.169 e. The Morgan fingerprint density at radius 2 is 2.21 bits per heavy atom. The smallest absolute Gasteiger partial charge is 0.169 e. The predicted molar refractivity (Wildman–Crippen MR) is 61.5 cm³/mol. The summed E-state index contributed by atoms with van der Waals surface area (Å²) >= 11 is 1.90. The van der Waals surface area contributed by atoms with Crippen molar-refractivity contribution in [2.75, 3.05) is 17.2 Å². The van der Waals surface area contributed by atoms with Gasteiger partial charge in [-0.05, 0) is 11.7 Å². The van der Waals surface area contributed by atoms with Crippen molar-refractivity contribution in [3.05, 3.63) is 5.69 Å². The van der Waals surface area contributed by atoms with Gasteiger partial charge in [0, 0.05) is 5.75 Å². The molecule has 0 aromatic carbocycles. The van der Waals surface area contributed by atoms with Gasteiger partial charge in [0.05, 0.1) is 12.2 Å². The third kappa shape index (κ3) is 2.64. The SMILES string of the molecule is CCSCCn1nnc(N)c1C(C)C. The van der Waals surface area contributed by atoms with E-state index < -0.39 is 0 Å². The summed E-state index contributed by atoms with van der Waals surface area (Å²) in [4.78, 5) is 0. The normalized spacial score (nSPS) is 11.1. The minimum atomic E-state index is 0.386. The molecule has 1 aromatic heterocycles. The standard InChI is InChI=1S/C9H18N4S/c1-4-14-6-5-13-8(7(2)3)9(10)11-12-13/h7H,4-6,10H2,1-3H3. The van der Waals surface area contributed by atoms with E-state index in [-0.39, 0.29) is 0 Å². The van der Waals surface area contributed by atoms with E-state index in [1.165, 1.54) is 0 Å². The summed E-state index contributed by atoms with van der Waals surface area (Å²) in [5, 5.41) is 7.94. The number of nitrogens with zero attached hydrogens (tertiary/aromatic N) is 3.